The van der Waals surface area contributed by atoms with Crippen molar-refractivity contribution in [2.24, 2.45) is 0 Å². The van der Waals surface area contributed by atoms with Crippen molar-refractivity contribution in [2.45, 2.75) is 31.3 Å². The van der Waals surface area contributed by atoms with Crippen LogP contribution < -0.4 is 0 Å². The van der Waals surface area contributed by atoms with Crippen LogP contribution in [0.1, 0.15) is 30.9 Å². The Morgan fingerprint density at radius 1 is 1.53 bits per heavy atom. The van der Waals surface area contributed by atoms with Crippen LogP contribution in [0.3, 0.4) is 0 Å². The van der Waals surface area contributed by atoms with Crippen LogP contribution >= 0.6 is 0 Å². The van der Waals surface area contributed by atoms with Gasteiger partial charge in [-0.2, -0.15) is 0 Å². The van der Waals surface area contributed by atoms with Gasteiger partial charge in [0.25, 0.3) is 0 Å². The van der Waals surface area contributed by atoms with Gasteiger partial charge in [-0.05, 0) is 31.4 Å². The molecule has 0 saturated carbocycles. The Labute approximate surface area is 87.8 Å². The summed E-state index contributed by atoms with van der Waals surface area (Å²) in [6, 6.07) is 3.39. The molecule has 0 radical (unpaired) electrons. The molecule has 82 valence electrons. The second-order valence-electron chi connectivity index (χ2n) is 3.74. The van der Waals surface area contributed by atoms with Crippen molar-refractivity contribution >= 4 is 5.97 Å². The Hall–Kier alpha value is -1.29. The average Bonchev–Trinajstić information content (AvgIpc) is 2.72. The Balaban J connectivity index is 2.15. The molecular weight excluding hydrogens is 196 g/mol. The highest BCUT2D eigenvalue weighted by atomic mass is 16.5. The summed E-state index contributed by atoms with van der Waals surface area (Å²) in [5.41, 5.74) is 0. The monoisotopic (exact) mass is 210 g/mol. The van der Waals surface area contributed by atoms with Crippen LogP contribution in [-0.4, -0.2) is 23.8 Å². The molecule has 0 aliphatic carbocycles. The number of hydrogen-bond donors (Lipinski definition) is 1. The first-order valence-corrected chi connectivity index (χ1v) is 5.17. The highest BCUT2D eigenvalue weighted by molar-refractivity contribution is 5.76. The summed E-state index contributed by atoms with van der Waals surface area (Å²) < 4.78 is 10.6. The maximum Gasteiger partial charge on any atom is 0.316 e. The van der Waals surface area contributed by atoms with Gasteiger partial charge in [-0.15, -0.1) is 0 Å². The summed E-state index contributed by atoms with van der Waals surface area (Å²) in [4.78, 5) is 11.2. The molecule has 2 unspecified atom stereocenters. The molecule has 0 amide bonds. The minimum atomic E-state index is -0.878. The lowest BCUT2D eigenvalue weighted by atomic mass is 9.93. The lowest BCUT2D eigenvalue weighted by molar-refractivity contribution is -0.144. The predicted molar refractivity (Wildman–Crippen MR) is 52.7 cm³/mol. The summed E-state index contributed by atoms with van der Waals surface area (Å²) in [6.07, 6.45) is 4.07. The van der Waals surface area contributed by atoms with Gasteiger partial charge in [-0.25, -0.2) is 0 Å². The van der Waals surface area contributed by atoms with Crippen molar-refractivity contribution in [1.82, 2.24) is 0 Å². The van der Waals surface area contributed by atoms with E-state index >= 15 is 0 Å². The van der Waals surface area contributed by atoms with Crippen LogP contribution in [-0.2, 0) is 9.53 Å². The zero-order chi connectivity index (χ0) is 10.7. The van der Waals surface area contributed by atoms with E-state index in [-0.39, 0.29) is 6.10 Å². The van der Waals surface area contributed by atoms with Gasteiger partial charge in [-0.1, -0.05) is 0 Å². The molecule has 1 aliphatic heterocycles. The van der Waals surface area contributed by atoms with Crippen LogP contribution in [0.2, 0.25) is 0 Å². The van der Waals surface area contributed by atoms with Gasteiger partial charge in [0, 0.05) is 6.61 Å². The van der Waals surface area contributed by atoms with Gasteiger partial charge in [-0.3, -0.25) is 4.79 Å². The minimum Gasteiger partial charge on any atom is -0.481 e. The largest absolute Gasteiger partial charge is 0.481 e. The van der Waals surface area contributed by atoms with E-state index in [9.17, 15) is 4.79 Å². The maximum absolute atomic E-state index is 11.2. The lowest BCUT2D eigenvalue weighted by Crippen LogP contribution is -2.31. The molecule has 1 N–H and O–H groups in total. The predicted octanol–water partition coefficient (Wildman–Crippen LogP) is 2.02. The second kappa shape index (κ2) is 4.49. The van der Waals surface area contributed by atoms with Crippen LogP contribution in [0, 0.1) is 0 Å². The zero-order valence-corrected chi connectivity index (χ0v) is 8.39. The topological polar surface area (TPSA) is 59.7 Å². The number of furan rings is 1. The van der Waals surface area contributed by atoms with Crippen LogP contribution in [0.25, 0.3) is 0 Å². The van der Waals surface area contributed by atoms with E-state index in [1.54, 1.807) is 12.1 Å². The third-order valence-corrected chi connectivity index (χ3v) is 2.70. The van der Waals surface area contributed by atoms with Gasteiger partial charge >= 0.3 is 5.97 Å². The van der Waals surface area contributed by atoms with Crippen molar-refractivity contribution in [2.75, 3.05) is 6.61 Å². The summed E-state index contributed by atoms with van der Waals surface area (Å²) in [5, 5.41) is 9.16. The number of hydrogen-bond acceptors (Lipinski definition) is 3. The number of ether oxygens (including phenoxy) is 1. The molecule has 15 heavy (non-hydrogen) atoms. The summed E-state index contributed by atoms with van der Waals surface area (Å²) in [5.74, 6) is -1.06. The first-order chi connectivity index (χ1) is 7.29. The van der Waals surface area contributed by atoms with Crippen molar-refractivity contribution in [1.29, 1.82) is 0 Å². The number of carboxylic acids is 1. The van der Waals surface area contributed by atoms with Crippen molar-refractivity contribution in [3.05, 3.63) is 24.2 Å². The van der Waals surface area contributed by atoms with E-state index in [1.807, 2.05) is 0 Å². The van der Waals surface area contributed by atoms with Gasteiger partial charge in [0.05, 0.1) is 12.4 Å². The summed E-state index contributed by atoms with van der Waals surface area (Å²) in [6.45, 7) is 0.648. The molecule has 0 bridgehead atoms. The van der Waals surface area contributed by atoms with Crippen LogP contribution in [0.5, 0.6) is 0 Å². The molecule has 0 aromatic carbocycles. The average molecular weight is 210 g/mol. The summed E-state index contributed by atoms with van der Waals surface area (Å²) >= 11 is 0. The fourth-order valence-corrected chi connectivity index (χ4v) is 1.96. The van der Waals surface area contributed by atoms with E-state index in [0.717, 1.165) is 19.3 Å². The molecule has 1 aliphatic rings. The third-order valence-electron chi connectivity index (χ3n) is 2.70. The minimum absolute atomic E-state index is 0.248. The number of aliphatic carboxylic acids is 1. The lowest BCUT2D eigenvalue weighted by Gasteiger charge is -2.26. The third kappa shape index (κ3) is 2.21. The van der Waals surface area contributed by atoms with Crippen molar-refractivity contribution in [3.8, 4) is 0 Å². The molecule has 2 heterocycles. The fraction of sp³-hybridized carbons (Fsp3) is 0.545. The zero-order valence-electron chi connectivity index (χ0n) is 8.39. The van der Waals surface area contributed by atoms with Gasteiger partial charge in [0.15, 0.2) is 0 Å². The molecule has 2 rings (SSSR count). The Morgan fingerprint density at radius 2 is 2.40 bits per heavy atom. The number of rotatable bonds is 3. The van der Waals surface area contributed by atoms with Crippen LogP contribution in [0.4, 0.5) is 0 Å². The standard InChI is InChI=1S/C11H14O4/c12-11(13)10(9-5-3-7-15-9)8-4-1-2-6-14-8/h3,5,7-8,10H,1-2,4,6H2,(H,12,13). The molecule has 2 atom stereocenters. The normalized spacial score (nSPS) is 23.6. The SMILES string of the molecule is O=C(O)C(c1ccco1)C1CCCCO1. The Bertz CT molecular complexity index is 311. The van der Waals surface area contributed by atoms with Crippen molar-refractivity contribution in [3.63, 3.8) is 0 Å². The van der Waals surface area contributed by atoms with E-state index in [2.05, 4.69) is 0 Å². The molecular formula is C11H14O4. The van der Waals surface area contributed by atoms with Gasteiger partial charge < -0.3 is 14.3 Å². The van der Waals surface area contributed by atoms with E-state index in [4.69, 9.17) is 14.3 Å². The fourth-order valence-electron chi connectivity index (χ4n) is 1.96. The van der Waals surface area contributed by atoms with E-state index in [0.29, 0.717) is 12.4 Å². The second-order valence-corrected chi connectivity index (χ2v) is 3.74. The Morgan fingerprint density at radius 3 is 2.93 bits per heavy atom. The molecule has 1 saturated heterocycles. The van der Waals surface area contributed by atoms with E-state index in [1.165, 1.54) is 6.26 Å². The van der Waals surface area contributed by atoms with Gasteiger partial charge in [0.1, 0.15) is 11.7 Å². The molecule has 4 nitrogen and oxygen atoms in total. The molecule has 1 aromatic heterocycles. The first-order valence-electron chi connectivity index (χ1n) is 5.17. The highest BCUT2D eigenvalue weighted by Crippen LogP contribution is 2.28. The molecule has 1 aromatic rings. The quantitative estimate of drug-likeness (QED) is 0.829. The number of carboxylic acid groups (broad SMARTS) is 1. The molecule has 1 fully saturated rings. The maximum atomic E-state index is 11.2. The highest BCUT2D eigenvalue weighted by Gasteiger charge is 2.33. The van der Waals surface area contributed by atoms with Gasteiger partial charge in [0.2, 0.25) is 0 Å². The Kier molecular flexibility index (Phi) is 3.06. The van der Waals surface area contributed by atoms with E-state index < -0.39 is 11.9 Å². The van der Waals surface area contributed by atoms with Crippen LogP contribution in [0.15, 0.2) is 22.8 Å². The first kappa shape index (κ1) is 10.2. The summed E-state index contributed by atoms with van der Waals surface area (Å²) in [7, 11) is 0. The molecule has 0 spiro atoms. The molecule has 4 heteroatoms. The smallest absolute Gasteiger partial charge is 0.316 e. The number of carbonyl (C=O) groups is 1. The van der Waals surface area contributed by atoms with Crippen molar-refractivity contribution < 1.29 is 19.1 Å².